The number of nitrogens with two attached hydrogens (primary N) is 1. The van der Waals surface area contributed by atoms with Crippen LogP contribution in [0.15, 0.2) is 0 Å². The quantitative estimate of drug-likeness (QED) is 0.433. The molecule has 10 heavy (non-hydrogen) atoms. The molecule has 0 unspecified atom stereocenters. The lowest BCUT2D eigenvalue weighted by Crippen LogP contribution is -2.52. The highest BCUT2D eigenvalue weighted by molar-refractivity contribution is 5.95. The molecule has 1 fully saturated rings. The number of amides is 3. The van der Waals surface area contributed by atoms with Crippen molar-refractivity contribution in [3.63, 3.8) is 0 Å². The number of carbonyl (C=O) groups is 2. The molecule has 0 bridgehead atoms. The second-order valence-electron chi connectivity index (χ2n) is 2.06. The normalized spacial score (nSPS) is 19.2. The molecule has 0 atom stereocenters. The molecule has 3 N–H and O–H groups in total. The lowest BCUT2D eigenvalue weighted by molar-refractivity contribution is -0.128. The van der Waals surface area contributed by atoms with E-state index in [1.165, 1.54) is 0 Å². The van der Waals surface area contributed by atoms with Crippen LogP contribution in [0.5, 0.6) is 0 Å². The van der Waals surface area contributed by atoms with E-state index in [-0.39, 0.29) is 12.5 Å². The second-order valence-corrected chi connectivity index (χ2v) is 2.06. The van der Waals surface area contributed by atoms with Crippen LogP contribution in [0.3, 0.4) is 0 Å². The van der Waals surface area contributed by atoms with E-state index in [2.05, 4.69) is 5.32 Å². The van der Waals surface area contributed by atoms with Crippen molar-refractivity contribution in [1.29, 1.82) is 0 Å². The summed E-state index contributed by atoms with van der Waals surface area (Å²) < 4.78 is 0. The van der Waals surface area contributed by atoms with Crippen LogP contribution in [0.25, 0.3) is 0 Å². The zero-order valence-electron chi connectivity index (χ0n) is 5.46. The SMILES string of the molecule is NC(=O)N1CCNCC1=O. The van der Waals surface area contributed by atoms with Crippen molar-refractivity contribution in [2.75, 3.05) is 19.6 Å². The van der Waals surface area contributed by atoms with Crippen LogP contribution < -0.4 is 11.1 Å². The number of urea groups is 1. The van der Waals surface area contributed by atoms with Gasteiger partial charge in [0.05, 0.1) is 6.54 Å². The molecule has 1 aliphatic heterocycles. The molecule has 1 rings (SSSR count). The van der Waals surface area contributed by atoms with Gasteiger partial charge in [-0.05, 0) is 0 Å². The summed E-state index contributed by atoms with van der Waals surface area (Å²) in [5.74, 6) is -0.251. The second kappa shape index (κ2) is 2.66. The minimum absolute atomic E-state index is 0.211. The Labute approximate surface area is 58.2 Å². The van der Waals surface area contributed by atoms with Gasteiger partial charge in [0.2, 0.25) is 5.91 Å². The summed E-state index contributed by atoms with van der Waals surface area (Å²) >= 11 is 0. The topological polar surface area (TPSA) is 75.4 Å². The summed E-state index contributed by atoms with van der Waals surface area (Å²) in [6.07, 6.45) is 0. The molecule has 5 nitrogen and oxygen atoms in total. The third-order valence-electron chi connectivity index (χ3n) is 1.36. The molecule has 0 aromatic rings. The fraction of sp³-hybridized carbons (Fsp3) is 0.600. The standard InChI is InChI=1S/C5H9N3O2/c6-5(10)8-2-1-7-3-4(8)9/h7H,1-3H2,(H2,6,10). The summed E-state index contributed by atoms with van der Waals surface area (Å²) in [7, 11) is 0. The maximum absolute atomic E-state index is 10.8. The van der Waals surface area contributed by atoms with E-state index in [0.717, 1.165) is 4.90 Å². The summed E-state index contributed by atoms with van der Waals surface area (Å²) in [6.45, 7) is 1.23. The number of hydrogen-bond donors (Lipinski definition) is 2. The monoisotopic (exact) mass is 143 g/mol. The Morgan fingerprint density at radius 3 is 2.80 bits per heavy atom. The van der Waals surface area contributed by atoms with Crippen LogP contribution in [0, 0.1) is 0 Å². The lowest BCUT2D eigenvalue weighted by Gasteiger charge is -2.23. The molecule has 0 radical (unpaired) electrons. The van der Waals surface area contributed by atoms with Crippen molar-refractivity contribution < 1.29 is 9.59 Å². The molecule has 0 spiro atoms. The fourth-order valence-corrected chi connectivity index (χ4v) is 0.839. The van der Waals surface area contributed by atoms with E-state index < -0.39 is 6.03 Å². The molecule has 5 heteroatoms. The molecule has 3 amide bonds. The number of piperazine rings is 1. The largest absolute Gasteiger partial charge is 0.351 e. The molecular weight excluding hydrogens is 134 g/mol. The molecule has 0 aromatic carbocycles. The van der Waals surface area contributed by atoms with Crippen LogP contribution in [0.1, 0.15) is 0 Å². The van der Waals surface area contributed by atoms with Crippen molar-refractivity contribution in [2.24, 2.45) is 5.73 Å². The van der Waals surface area contributed by atoms with Gasteiger partial charge in [-0.1, -0.05) is 0 Å². The van der Waals surface area contributed by atoms with E-state index in [0.29, 0.717) is 13.1 Å². The maximum atomic E-state index is 10.8. The van der Waals surface area contributed by atoms with Gasteiger partial charge in [0.1, 0.15) is 0 Å². The highest BCUT2D eigenvalue weighted by atomic mass is 16.2. The van der Waals surface area contributed by atoms with E-state index in [1.54, 1.807) is 0 Å². The van der Waals surface area contributed by atoms with Crippen molar-refractivity contribution in [3.05, 3.63) is 0 Å². The molecule has 1 saturated heterocycles. The molecular formula is C5H9N3O2. The van der Waals surface area contributed by atoms with Crippen molar-refractivity contribution in [1.82, 2.24) is 10.2 Å². The molecule has 0 aliphatic carbocycles. The van der Waals surface area contributed by atoms with Crippen molar-refractivity contribution in [3.8, 4) is 0 Å². The first-order valence-corrected chi connectivity index (χ1v) is 3.02. The Hall–Kier alpha value is -1.10. The van der Waals surface area contributed by atoms with Crippen LogP contribution in [-0.4, -0.2) is 36.5 Å². The number of rotatable bonds is 0. The van der Waals surface area contributed by atoms with E-state index in [9.17, 15) is 9.59 Å². The summed E-state index contributed by atoms with van der Waals surface area (Å²) in [5.41, 5.74) is 4.90. The first kappa shape index (κ1) is 7.01. The summed E-state index contributed by atoms with van der Waals surface area (Å²) in [6, 6.07) is -0.661. The number of primary amides is 1. The zero-order chi connectivity index (χ0) is 7.56. The molecule has 0 aromatic heterocycles. The number of nitrogens with one attached hydrogen (secondary N) is 1. The van der Waals surface area contributed by atoms with Crippen LogP contribution >= 0.6 is 0 Å². The average Bonchev–Trinajstić information content (AvgIpc) is 1.88. The average molecular weight is 143 g/mol. The van der Waals surface area contributed by atoms with E-state index in [4.69, 9.17) is 5.73 Å². The summed E-state index contributed by atoms with van der Waals surface area (Å²) in [4.78, 5) is 22.3. The van der Waals surface area contributed by atoms with Gasteiger partial charge in [-0.3, -0.25) is 9.69 Å². The first-order chi connectivity index (χ1) is 4.72. The molecule has 0 saturated carbocycles. The minimum Gasteiger partial charge on any atom is -0.351 e. The van der Waals surface area contributed by atoms with Gasteiger partial charge in [-0.25, -0.2) is 4.79 Å². The van der Waals surface area contributed by atoms with Gasteiger partial charge in [0.25, 0.3) is 0 Å². The zero-order valence-corrected chi connectivity index (χ0v) is 5.46. The highest BCUT2D eigenvalue weighted by Crippen LogP contribution is 1.91. The predicted molar refractivity (Wildman–Crippen MR) is 34.2 cm³/mol. The molecule has 56 valence electrons. The van der Waals surface area contributed by atoms with Gasteiger partial charge in [0.15, 0.2) is 0 Å². The Morgan fingerprint density at radius 1 is 1.70 bits per heavy atom. The number of hydrogen-bond acceptors (Lipinski definition) is 3. The van der Waals surface area contributed by atoms with Crippen molar-refractivity contribution in [2.45, 2.75) is 0 Å². The van der Waals surface area contributed by atoms with Crippen LogP contribution in [-0.2, 0) is 4.79 Å². The smallest absolute Gasteiger partial charge is 0.321 e. The Bertz CT molecular complexity index is 168. The van der Waals surface area contributed by atoms with Crippen LogP contribution in [0.4, 0.5) is 4.79 Å². The van der Waals surface area contributed by atoms with Gasteiger partial charge >= 0.3 is 6.03 Å². The molecule has 1 aliphatic rings. The number of imide groups is 1. The number of carbonyl (C=O) groups excluding carboxylic acids is 2. The number of nitrogens with zero attached hydrogens (tertiary/aromatic N) is 1. The lowest BCUT2D eigenvalue weighted by atomic mass is 10.4. The van der Waals surface area contributed by atoms with Gasteiger partial charge in [-0.15, -0.1) is 0 Å². The third kappa shape index (κ3) is 1.24. The maximum Gasteiger partial charge on any atom is 0.321 e. The summed E-state index contributed by atoms with van der Waals surface area (Å²) in [5, 5.41) is 2.82. The Kier molecular flexibility index (Phi) is 1.86. The minimum atomic E-state index is -0.661. The molecule has 1 heterocycles. The van der Waals surface area contributed by atoms with Crippen LogP contribution in [0.2, 0.25) is 0 Å². The predicted octanol–water partition coefficient (Wildman–Crippen LogP) is -1.50. The van der Waals surface area contributed by atoms with E-state index >= 15 is 0 Å². The van der Waals surface area contributed by atoms with Gasteiger partial charge in [-0.2, -0.15) is 0 Å². The Balaban J connectivity index is 2.56. The van der Waals surface area contributed by atoms with Gasteiger partial charge < -0.3 is 11.1 Å². The van der Waals surface area contributed by atoms with E-state index in [1.807, 2.05) is 0 Å². The fourth-order valence-electron chi connectivity index (χ4n) is 0.839. The van der Waals surface area contributed by atoms with Gasteiger partial charge in [0, 0.05) is 13.1 Å². The van der Waals surface area contributed by atoms with Crippen molar-refractivity contribution >= 4 is 11.9 Å². The first-order valence-electron chi connectivity index (χ1n) is 3.02. The Morgan fingerprint density at radius 2 is 2.40 bits per heavy atom. The highest BCUT2D eigenvalue weighted by Gasteiger charge is 2.21. The third-order valence-corrected chi connectivity index (χ3v) is 1.36.